The van der Waals surface area contributed by atoms with Crippen molar-refractivity contribution in [3.05, 3.63) is 89.0 Å². The lowest BCUT2D eigenvalue weighted by Gasteiger charge is -2.16. The first kappa shape index (κ1) is 19.6. The van der Waals surface area contributed by atoms with Crippen LogP contribution < -0.4 is 11.1 Å². The summed E-state index contributed by atoms with van der Waals surface area (Å²) in [5.74, 6) is -1.12. The first-order chi connectivity index (χ1) is 14.5. The summed E-state index contributed by atoms with van der Waals surface area (Å²) in [6.45, 7) is 1.84. The average Bonchev–Trinajstić information content (AvgIpc) is 3.18. The maximum Gasteiger partial charge on any atom is 0.271 e. The summed E-state index contributed by atoms with van der Waals surface area (Å²) < 4.78 is 1.64. The van der Waals surface area contributed by atoms with E-state index in [0.29, 0.717) is 10.7 Å². The van der Waals surface area contributed by atoms with E-state index >= 15 is 0 Å². The van der Waals surface area contributed by atoms with E-state index in [0.717, 1.165) is 11.1 Å². The molecule has 0 spiro atoms. The number of nitrogens with zero attached hydrogens (tertiary/aromatic N) is 3. The van der Waals surface area contributed by atoms with Gasteiger partial charge in [0.2, 0.25) is 0 Å². The summed E-state index contributed by atoms with van der Waals surface area (Å²) in [5, 5.41) is 3.47. The van der Waals surface area contributed by atoms with Crippen molar-refractivity contribution >= 4 is 29.1 Å². The summed E-state index contributed by atoms with van der Waals surface area (Å²) in [5.41, 5.74) is 8.10. The molecule has 0 saturated carbocycles. The largest absolute Gasteiger partial charge is 0.364 e. The first-order valence-electron chi connectivity index (χ1n) is 9.24. The van der Waals surface area contributed by atoms with Crippen LogP contribution in [0.2, 0.25) is 5.02 Å². The lowest BCUT2D eigenvalue weighted by atomic mass is 10.1. The molecule has 30 heavy (non-hydrogen) atoms. The number of primary amides is 1. The summed E-state index contributed by atoms with van der Waals surface area (Å²) in [6, 6.07) is 18.1. The molecule has 2 amide bonds. The SMILES string of the molecule is CC(NC(=O)c1cc(-c2ccccc2)n2cnc(C(N)=O)c2n1)c1ccccc1Cl. The van der Waals surface area contributed by atoms with Crippen molar-refractivity contribution < 1.29 is 9.59 Å². The molecule has 0 radical (unpaired) electrons. The lowest BCUT2D eigenvalue weighted by Crippen LogP contribution is -2.28. The van der Waals surface area contributed by atoms with Gasteiger partial charge in [0.05, 0.1) is 11.7 Å². The maximum atomic E-state index is 13.0. The molecule has 150 valence electrons. The van der Waals surface area contributed by atoms with Gasteiger partial charge in [-0.1, -0.05) is 60.1 Å². The topological polar surface area (TPSA) is 102 Å². The molecule has 2 aromatic carbocycles. The molecular weight excluding hydrogens is 402 g/mol. The number of hydrogen-bond acceptors (Lipinski definition) is 4. The number of carbonyl (C=O) groups is 2. The number of halogens is 1. The van der Waals surface area contributed by atoms with Gasteiger partial charge in [-0.3, -0.25) is 14.0 Å². The number of benzene rings is 2. The second-order valence-corrected chi connectivity index (χ2v) is 7.17. The number of nitrogens with one attached hydrogen (secondary N) is 1. The van der Waals surface area contributed by atoms with Crippen molar-refractivity contribution in [3.63, 3.8) is 0 Å². The van der Waals surface area contributed by atoms with E-state index in [2.05, 4.69) is 15.3 Å². The summed E-state index contributed by atoms with van der Waals surface area (Å²) in [4.78, 5) is 33.2. The number of hydrogen-bond donors (Lipinski definition) is 2. The van der Waals surface area contributed by atoms with Gasteiger partial charge in [0.15, 0.2) is 11.3 Å². The Morgan fingerprint density at radius 3 is 2.50 bits per heavy atom. The summed E-state index contributed by atoms with van der Waals surface area (Å²) >= 11 is 6.24. The third kappa shape index (κ3) is 3.62. The Morgan fingerprint density at radius 1 is 1.10 bits per heavy atom. The van der Waals surface area contributed by atoms with Crippen LogP contribution in [-0.4, -0.2) is 26.2 Å². The number of carbonyl (C=O) groups excluding carboxylic acids is 2. The number of imidazole rings is 1. The van der Waals surface area contributed by atoms with Crippen molar-refractivity contribution in [2.24, 2.45) is 5.73 Å². The van der Waals surface area contributed by atoms with E-state index < -0.39 is 11.8 Å². The van der Waals surface area contributed by atoms with Gasteiger partial charge in [0.1, 0.15) is 12.0 Å². The van der Waals surface area contributed by atoms with Crippen LogP contribution in [0, 0.1) is 0 Å². The molecule has 8 heteroatoms. The third-order valence-electron chi connectivity index (χ3n) is 4.76. The fraction of sp³-hybridized carbons (Fsp3) is 0.0909. The van der Waals surface area contributed by atoms with Crippen molar-refractivity contribution in [2.75, 3.05) is 0 Å². The Hall–Kier alpha value is -3.71. The van der Waals surface area contributed by atoms with Crippen LogP contribution in [0.3, 0.4) is 0 Å². The molecule has 0 saturated heterocycles. The van der Waals surface area contributed by atoms with Crippen molar-refractivity contribution in [1.29, 1.82) is 0 Å². The van der Waals surface area contributed by atoms with Gasteiger partial charge in [-0.2, -0.15) is 0 Å². The number of amides is 2. The number of nitrogens with two attached hydrogens (primary N) is 1. The highest BCUT2D eigenvalue weighted by molar-refractivity contribution is 6.31. The van der Waals surface area contributed by atoms with Crippen LogP contribution in [0.15, 0.2) is 67.0 Å². The molecule has 3 N–H and O–H groups in total. The summed E-state index contributed by atoms with van der Waals surface area (Å²) in [6.07, 6.45) is 1.47. The van der Waals surface area contributed by atoms with Crippen molar-refractivity contribution in [2.45, 2.75) is 13.0 Å². The van der Waals surface area contributed by atoms with Gasteiger partial charge >= 0.3 is 0 Å². The Bertz CT molecular complexity index is 1250. The molecule has 1 unspecified atom stereocenters. The van der Waals surface area contributed by atoms with E-state index in [9.17, 15) is 9.59 Å². The van der Waals surface area contributed by atoms with Crippen LogP contribution in [0.1, 0.15) is 39.5 Å². The molecule has 0 aliphatic rings. The highest BCUT2D eigenvalue weighted by Crippen LogP contribution is 2.25. The lowest BCUT2D eigenvalue weighted by molar-refractivity contribution is 0.0933. The minimum atomic E-state index is -0.717. The van der Waals surface area contributed by atoms with E-state index in [1.807, 2.05) is 55.5 Å². The fourth-order valence-corrected chi connectivity index (χ4v) is 3.57. The Morgan fingerprint density at radius 2 is 1.80 bits per heavy atom. The van der Waals surface area contributed by atoms with Crippen LogP contribution in [0.25, 0.3) is 16.9 Å². The van der Waals surface area contributed by atoms with E-state index in [1.54, 1.807) is 16.5 Å². The highest BCUT2D eigenvalue weighted by atomic mass is 35.5. The molecule has 0 fully saturated rings. The van der Waals surface area contributed by atoms with Gasteiger partial charge in [-0.05, 0) is 30.2 Å². The van der Waals surface area contributed by atoms with Gasteiger partial charge in [0.25, 0.3) is 11.8 Å². The van der Waals surface area contributed by atoms with E-state index in [-0.39, 0.29) is 23.1 Å². The second kappa shape index (κ2) is 7.96. The molecule has 0 aliphatic heterocycles. The van der Waals surface area contributed by atoms with Crippen molar-refractivity contribution in [1.82, 2.24) is 19.7 Å². The molecule has 1 atom stereocenters. The van der Waals surface area contributed by atoms with Crippen LogP contribution in [0.4, 0.5) is 0 Å². The van der Waals surface area contributed by atoms with Crippen molar-refractivity contribution in [3.8, 4) is 11.3 Å². The number of rotatable bonds is 5. The minimum Gasteiger partial charge on any atom is -0.364 e. The van der Waals surface area contributed by atoms with E-state index in [1.165, 1.54) is 6.33 Å². The molecule has 2 aromatic heterocycles. The standard InChI is InChI=1S/C22H18ClN5O2/c1-13(15-9-5-6-10-16(15)23)26-22(30)17-11-18(14-7-3-2-4-8-14)28-12-25-19(20(24)29)21(28)27-17/h2-13H,1H3,(H2,24,29)(H,26,30). The zero-order chi connectivity index (χ0) is 21.3. The second-order valence-electron chi connectivity index (χ2n) is 6.76. The van der Waals surface area contributed by atoms with E-state index in [4.69, 9.17) is 17.3 Å². The van der Waals surface area contributed by atoms with Gasteiger partial charge in [-0.25, -0.2) is 9.97 Å². The third-order valence-corrected chi connectivity index (χ3v) is 5.10. The fourth-order valence-electron chi connectivity index (χ4n) is 3.27. The molecule has 2 heterocycles. The summed E-state index contributed by atoms with van der Waals surface area (Å²) in [7, 11) is 0. The highest BCUT2D eigenvalue weighted by Gasteiger charge is 2.20. The Kier molecular flexibility index (Phi) is 5.20. The molecule has 4 rings (SSSR count). The molecular formula is C22H18ClN5O2. The Balaban J connectivity index is 1.78. The van der Waals surface area contributed by atoms with Gasteiger partial charge < -0.3 is 11.1 Å². The predicted octanol–water partition coefficient (Wildman–Crippen LogP) is 3.64. The smallest absolute Gasteiger partial charge is 0.271 e. The minimum absolute atomic E-state index is 0.000911. The molecule has 0 bridgehead atoms. The molecule has 7 nitrogen and oxygen atoms in total. The number of aromatic nitrogens is 3. The average molecular weight is 420 g/mol. The van der Waals surface area contributed by atoms with Crippen LogP contribution in [-0.2, 0) is 0 Å². The van der Waals surface area contributed by atoms with Crippen LogP contribution in [0.5, 0.6) is 0 Å². The maximum absolute atomic E-state index is 13.0. The molecule has 0 aliphatic carbocycles. The predicted molar refractivity (Wildman–Crippen MR) is 114 cm³/mol. The van der Waals surface area contributed by atoms with Crippen LogP contribution >= 0.6 is 11.6 Å². The number of fused-ring (bicyclic) bond motifs is 1. The van der Waals surface area contributed by atoms with Gasteiger partial charge in [0, 0.05) is 5.02 Å². The zero-order valence-corrected chi connectivity index (χ0v) is 16.8. The van der Waals surface area contributed by atoms with Gasteiger partial charge in [-0.15, -0.1) is 0 Å². The zero-order valence-electron chi connectivity index (χ0n) is 16.0. The molecule has 4 aromatic rings. The quantitative estimate of drug-likeness (QED) is 0.515. The first-order valence-corrected chi connectivity index (χ1v) is 9.62. The monoisotopic (exact) mass is 419 g/mol. The normalized spacial score (nSPS) is 11.9. The Labute approximate surface area is 177 Å².